The number of carboxylic acid groups (broad SMARTS) is 1. The first-order valence-corrected chi connectivity index (χ1v) is 18.9. The Kier molecular flexibility index (Phi) is 12.1. The first kappa shape index (κ1) is 37.0. The highest BCUT2D eigenvalue weighted by atomic mass is 16.7. The van der Waals surface area contributed by atoms with Gasteiger partial charge in [0, 0.05) is 68.5 Å². The smallest absolute Gasteiger partial charge is 0.407 e. The Hall–Kier alpha value is -3.74. The molecule has 0 bridgehead atoms. The quantitative estimate of drug-likeness (QED) is 0.210. The number of amides is 1. The average Bonchev–Trinajstić information content (AvgIpc) is 3.15. The highest BCUT2D eigenvalue weighted by Gasteiger charge is 2.37. The van der Waals surface area contributed by atoms with Crippen LogP contribution in [0.15, 0.2) is 35.3 Å². The number of nitrogens with zero attached hydrogens (tertiary/aromatic N) is 5. The topological polar surface area (TPSA) is 128 Å². The van der Waals surface area contributed by atoms with Gasteiger partial charge in [0.25, 0.3) is 5.56 Å². The monoisotopic (exact) mass is 705 g/mol. The maximum Gasteiger partial charge on any atom is 0.407 e. The fourth-order valence-corrected chi connectivity index (χ4v) is 8.10. The van der Waals surface area contributed by atoms with Gasteiger partial charge in [-0.1, -0.05) is 32.8 Å². The van der Waals surface area contributed by atoms with Crippen LogP contribution in [0, 0.1) is 0 Å². The summed E-state index contributed by atoms with van der Waals surface area (Å²) in [7, 11) is 3.34. The van der Waals surface area contributed by atoms with Crippen molar-refractivity contribution in [3.63, 3.8) is 0 Å². The average molecular weight is 706 g/mol. The number of piperidine rings is 2. The van der Waals surface area contributed by atoms with E-state index < -0.39 is 6.09 Å². The lowest BCUT2D eigenvalue weighted by Gasteiger charge is -2.38. The van der Waals surface area contributed by atoms with Crippen LogP contribution in [0.3, 0.4) is 0 Å². The Morgan fingerprint density at radius 1 is 0.980 bits per heavy atom. The number of hydrogen-bond donors (Lipinski definition) is 1. The van der Waals surface area contributed by atoms with E-state index in [1.807, 2.05) is 6.20 Å². The molecule has 3 saturated heterocycles. The van der Waals surface area contributed by atoms with E-state index in [0.717, 1.165) is 124 Å². The number of likely N-dealkylation sites (tertiary alicyclic amines) is 1. The van der Waals surface area contributed by atoms with E-state index in [9.17, 15) is 14.7 Å². The van der Waals surface area contributed by atoms with E-state index in [4.69, 9.17) is 28.9 Å². The molecule has 12 nitrogen and oxygen atoms in total. The van der Waals surface area contributed by atoms with E-state index in [0.29, 0.717) is 25.4 Å². The van der Waals surface area contributed by atoms with E-state index in [1.54, 1.807) is 18.7 Å². The van der Waals surface area contributed by atoms with Crippen molar-refractivity contribution in [1.82, 2.24) is 19.4 Å². The van der Waals surface area contributed by atoms with Gasteiger partial charge in [-0.2, -0.15) is 0 Å². The molecule has 0 radical (unpaired) electrons. The van der Waals surface area contributed by atoms with Crippen LogP contribution in [0.25, 0.3) is 22.0 Å². The maximum absolute atomic E-state index is 12.5. The number of aryl methyl sites for hydroxylation is 1. The number of pyridine rings is 1. The number of hydrogen-bond acceptors (Lipinski definition) is 9. The van der Waals surface area contributed by atoms with Gasteiger partial charge in [-0.05, 0) is 75.5 Å². The van der Waals surface area contributed by atoms with Gasteiger partial charge < -0.3 is 38.4 Å². The normalized spacial score (nSPS) is 19.5. The molecule has 6 rings (SSSR count). The first-order chi connectivity index (χ1) is 24.7. The molecule has 12 heteroatoms. The zero-order chi connectivity index (χ0) is 36.0. The summed E-state index contributed by atoms with van der Waals surface area (Å²) in [6, 6.07) is 7.80. The van der Waals surface area contributed by atoms with Crippen molar-refractivity contribution in [3.8, 4) is 16.9 Å². The van der Waals surface area contributed by atoms with Crippen LogP contribution < -0.4 is 15.2 Å². The van der Waals surface area contributed by atoms with Crippen LogP contribution in [0.2, 0.25) is 0 Å². The predicted molar refractivity (Wildman–Crippen MR) is 197 cm³/mol. The molecule has 2 aromatic heterocycles. The molecule has 1 atom stereocenters. The first-order valence-electron chi connectivity index (χ1n) is 18.9. The number of fused-ring (bicyclic) bond motifs is 1. The SMILES string of the molecule is CCCC(CCC)(COC1CCCCO1)c1nc(N2CCC(OC3CCN(C(=O)O)CC3)CC2)nc2ccc(-c3cn(C)c(=O)cc3OC)cc12. The van der Waals surface area contributed by atoms with Crippen molar-refractivity contribution < 1.29 is 28.8 Å². The van der Waals surface area contributed by atoms with Gasteiger partial charge in [-0.3, -0.25) is 4.79 Å². The van der Waals surface area contributed by atoms with Crippen LogP contribution in [-0.2, 0) is 26.7 Å². The fourth-order valence-electron chi connectivity index (χ4n) is 8.10. The number of aromatic nitrogens is 3. The van der Waals surface area contributed by atoms with Gasteiger partial charge in [0.05, 0.1) is 37.1 Å². The number of ether oxygens (including phenoxy) is 4. The van der Waals surface area contributed by atoms with Gasteiger partial charge >= 0.3 is 6.09 Å². The molecule has 1 aromatic carbocycles. The number of rotatable bonds is 13. The lowest BCUT2D eigenvalue weighted by Crippen LogP contribution is -2.44. The summed E-state index contributed by atoms with van der Waals surface area (Å²) in [5.41, 5.74) is 3.13. The van der Waals surface area contributed by atoms with Crippen molar-refractivity contribution in [1.29, 1.82) is 0 Å². The van der Waals surface area contributed by atoms with E-state index in [2.05, 4.69) is 36.9 Å². The standard InChI is InChI=1S/C39H55N5O7/c1-5-16-39(17-6-2,26-50-35-9-7-8-22-49-35)36-30-23-27(31-25-42(3)34(45)24-33(31)48-4)10-11-32(30)40-37(41-36)43-18-12-28(13-19-43)51-29-14-20-44(21-15-29)38(46)47/h10-11,23-25,28-29,35H,5-9,12-22,26H2,1-4H3,(H,46,47). The lowest BCUT2D eigenvalue weighted by molar-refractivity contribution is -0.173. The van der Waals surface area contributed by atoms with E-state index in [-0.39, 0.29) is 29.5 Å². The molecule has 1 N–H and O–H groups in total. The third kappa shape index (κ3) is 8.50. The molecule has 3 aliphatic rings. The van der Waals surface area contributed by atoms with Gasteiger partial charge in [-0.15, -0.1) is 0 Å². The summed E-state index contributed by atoms with van der Waals surface area (Å²) in [6.45, 7) is 8.29. The van der Waals surface area contributed by atoms with E-state index in [1.165, 1.54) is 11.0 Å². The number of carbonyl (C=O) groups is 1. The molecular weight excluding hydrogens is 650 g/mol. The molecule has 0 aliphatic carbocycles. The molecule has 1 unspecified atom stereocenters. The summed E-state index contributed by atoms with van der Waals surface area (Å²) >= 11 is 0. The van der Waals surface area contributed by atoms with Gasteiger partial charge in [-0.25, -0.2) is 14.8 Å². The minimum absolute atomic E-state index is 0.0948. The van der Waals surface area contributed by atoms with Crippen LogP contribution in [-0.4, -0.2) is 95.6 Å². The van der Waals surface area contributed by atoms with Crippen LogP contribution >= 0.6 is 0 Å². The molecule has 278 valence electrons. The molecule has 3 aromatic rings. The largest absolute Gasteiger partial charge is 0.496 e. The molecule has 51 heavy (non-hydrogen) atoms. The second-order valence-corrected chi connectivity index (χ2v) is 14.5. The summed E-state index contributed by atoms with van der Waals surface area (Å²) in [5.74, 6) is 1.25. The summed E-state index contributed by atoms with van der Waals surface area (Å²) in [4.78, 5) is 38.2. The Labute approximate surface area is 301 Å². The molecule has 1 amide bonds. The predicted octanol–water partition coefficient (Wildman–Crippen LogP) is 6.51. The number of benzene rings is 1. The molecule has 0 spiro atoms. The second-order valence-electron chi connectivity index (χ2n) is 14.5. The van der Waals surface area contributed by atoms with E-state index >= 15 is 0 Å². The summed E-state index contributed by atoms with van der Waals surface area (Å²) in [6.07, 6.45) is 11.0. The van der Waals surface area contributed by atoms with Gasteiger partial charge in [0.2, 0.25) is 5.95 Å². The fraction of sp³-hybridized carbons (Fsp3) is 0.641. The number of methoxy groups -OCH3 is 1. The lowest BCUT2D eigenvalue weighted by atomic mass is 9.75. The zero-order valence-corrected chi connectivity index (χ0v) is 30.8. The van der Waals surface area contributed by atoms with Crippen LogP contribution in [0.4, 0.5) is 10.7 Å². The van der Waals surface area contributed by atoms with Crippen molar-refractivity contribution in [2.45, 2.75) is 108 Å². The van der Waals surface area contributed by atoms with Crippen molar-refractivity contribution in [2.75, 3.05) is 51.4 Å². The molecule has 3 aliphatic heterocycles. The van der Waals surface area contributed by atoms with Crippen molar-refractivity contribution in [2.24, 2.45) is 7.05 Å². The summed E-state index contributed by atoms with van der Waals surface area (Å²) in [5, 5.41) is 10.3. The number of anilines is 1. The van der Waals surface area contributed by atoms with Crippen molar-refractivity contribution in [3.05, 3.63) is 46.5 Å². The molecule has 5 heterocycles. The molecule has 0 saturated carbocycles. The third-order valence-corrected chi connectivity index (χ3v) is 10.9. The van der Waals surface area contributed by atoms with Crippen LogP contribution in [0.5, 0.6) is 5.75 Å². The Bertz CT molecular complexity index is 1690. The minimum Gasteiger partial charge on any atom is -0.496 e. The van der Waals surface area contributed by atoms with Gasteiger partial charge in [0.15, 0.2) is 6.29 Å². The highest BCUT2D eigenvalue weighted by molar-refractivity contribution is 5.89. The zero-order valence-electron chi connectivity index (χ0n) is 30.8. The Morgan fingerprint density at radius 3 is 2.31 bits per heavy atom. The van der Waals surface area contributed by atoms with Crippen LogP contribution in [0.1, 0.15) is 90.2 Å². The molecule has 3 fully saturated rings. The second kappa shape index (κ2) is 16.7. The van der Waals surface area contributed by atoms with Gasteiger partial charge in [0.1, 0.15) is 5.75 Å². The van der Waals surface area contributed by atoms with Crippen molar-refractivity contribution >= 4 is 22.9 Å². The summed E-state index contributed by atoms with van der Waals surface area (Å²) < 4.78 is 26.4. The highest BCUT2D eigenvalue weighted by Crippen LogP contribution is 2.41. The third-order valence-electron chi connectivity index (χ3n) is 10.9. The Morgan fingerprint density at radius 2 is 1.69 bits per heavy atom. The minimum atomic E-state index is -0.852. The maximum atomic E-state index is 12.5. The Balaban J connectivity index is 1.34. The molecular formula is C39H55N5O7.